The Morgan fingerprint density at radius 3 is 2.60 bits per heavy atom. The summed E-state index contributed by atoms with van der Waals surface area (Å²) in [5, 5.41) is 3.34. The summed E-state index contributed by atoms with van der Waals surface area (Å²) in [6.45, 7) is 8.12. The van der Waals surface area contributed by atoms with Crippen LogP contribution in [0.25, 0.3) is 0 Å². The molecule has 0 radical (unpaired) electrons. The molecule has 0 aliphatic rings. The molecule has 0 fully saturated rings. The number of aryl methyl sites for hydroxylation is 2. The molecule has 0 aliphatic heterocycles. The van der Waals surface area contributed by atoms with E-state index in [1.165, 1.54) is 11.1 Å². The van der Waals surface area contributed by atoms with Crippen LogP contribution < -0.4 is 10.1 Å². The van der Waals surface area contributed by atoms with E-state index in [0.29, 0.717) is 0 Å². The third-order valence-corrected chi connectivity index (χ3v) is 3.24. The highest BCUT2D eigenvalue weighted by Crippen LogP contribution is 2.23. The number of hydrogen-bond acceptors (Lipinski definition) is 3. The van der Waals surface area contributed by atoms with Crippen LogP contribution in [0.15, 0.2) is 36.5 Å². The molecule has 2 aromatic rings. The van der Waals surface area contributed by atoms with E-state index < -0.39 is 0 Å². The summed E-state index contributed by atoms with van der Waals surface area (Å²) >= 11 is 0. The monoisotopic (exact) mass is 270 g/mol. The molecule has 2 rings (SSSR count). The largest absolute Gasteiger partial charge is 0.457 e. The maximum Gasteiger partial charge on any atom is 0.130 e. The highest BCUT2D eigenvalue weighted by Gasteiger charge is 2.02. The lowest BCUT2D eigenvalue weighted by molar-refractivity contribution is 0.479. The van der Waals surface area contributed by atoms with Gasteiger partial charge in [0.25, 0.3) is 0 Å². The molecule has 106 valence electrons. The summed E-state index contributed by atoms with van der Waals surface area (Å²) in [6, 6.07) is 10.0. The Hall–Kier alpha value is -1.87. The van der Waals surface area contributed by atoms with Crippen molar-refractivity contribution in [1.29, 1.82) is 0 Å². The van der Waals surface area contributed by atoms with Gasteiger partial charge in [0.15, 0.2) is 0 Å². The zero-order valence-electron chi connectivity index (χ0n) is 12.4. The standard InChI is InChI=1S/C17H22N2O/c1-4-8-18-12-15-11-17(7-9-19-15)20-16-6-5-13(2)14(3)10-16/h5-7,9-11,18H,4,8,12H2,1-3H3. The number of pyridine rings is 1. The van der Waals surface area contributed by atoms with Gasteiger partial charge in [-0.1, -0.05) is 13.0 Å². The van der Waals surface area contributed by atoms with Crippen LogP contribution in [0.4, 0.5) is 0 Å². The molecule has 1 aromatic heterocycles. The van der Waals surface area contributed by atoms with Gasteiger partial charge in [-0.15, -0.1) is 0 Å². The average Bonchev–Trinajstić information content (AvgIpc) is 2.44. The molecule has 3 nitrogen and oxygen atoms in total. The van der Waals surface area contributed by atoms with Gasteiger partial charge in [0.2, 0.25) is 0 Å². The van der Waals surface area contributed by atoms with Gasteiger partial charge >= 0.3 is 0 Å². The quantitative estimate of drug-likeness (QED) is 0.806. The smallest absolute Gasteiger partial charge is 0.130 e. The maximum absolute atomic E-state index is 5.89. The number of nitrogens with zero attached hydrogens (tertiary/aromatic N) is 1. The minimum Gasteiger partial charge on any atom is -0.457 e. The molecule has 3 heteroatoms. The van der Waals surface area contributed by atoms with Crippen LogP contribution in [-0.2, 0) is 6.54 Å². The van der Waals surface area contributed by atoms with E-state index in [0.717, 1.165) is 36.7 Å². The normalized spacial score (nSPS) is 10.6. The Labute approximate surface area is 121 Å². The van der Waals surface area contributed by atoms with Crippen LogP contribution in [0.2, 0.25) is 0 Å². The summed E-state index contributed by atoms with van der Waals surface area (Å²) in [5.74, 6) is 1.70. The van der Waals surface area contributed by atoms with Crippen LogP contribution in [0.5, 0.6) is 11.5 Å². The summed E-state index contributed by atoms with van der Waals surface area (Å²) < 4.78 is 5.89. The first-order valence-electron chi connectivity index (χ1n) is 7.10. The van der Waals surface area contributed by atoms with E-state index in [1.807, 2.05) is 18.2 Å². The molecule has 1 heterocycles. The van der Waals surface area contributed by atoms with Gasteiger partial charge < -0.3 is 10.1 Å². The number of aromatic nitrogens is 1. The Bertz CT molecular complexity index is 567. The van der Waals surface area contributed by atoms with E-state index in [9.17, 15) is 0 Å². The zero-order valence-corrected chi connectivity index (χ0v) is 12.4. The van der Waals surface area contributed by atoms with Crippen molar-refractivity contribution in [3.8, 4) is 11.5 Å². The van der Waals surface area contributed by atoms with Crippen LogP contribution in [0.1, 0.15) is 30.2 Å². The van der Waals surface area contributed by atoms with Crippen molar-refractivity contribution in [3.63, 3.8) is 0 Å². The molecule has 0 atom stereocenters. The predicted molar refractivity (Wildman–Crippen MR) is 82.2 cm³/mol. The van der Waals surface area contributed by atoms with Crippen LogP contribution in [0, 0.1) is 13.8 Å². The van der Waals surface area contributed by atoms with Crippen molar-refractivity contribution < 1.29 is 4.74 Å². The third kappa shape index (κ3) is 4.07. The number of benzene rings is 1. The van der Waals surface area contributed by atoms with Crippen molar-refractivity contribution in [1.82, 2.24) is 10.3 Å². The molecule has 0 saturated heterocycles. The Morgan fingerprint density at radius 2 is 1.85 bits per heavy atom. The van der Waals surface area contributed by atoms with Crippen molar-refractivity contribution in [3.05, 3.63) is 53.3 Å². The van der Waals surface area contributed by atoms with E-state index in [4.69, 9.17) is 4.74 Å². The van der Waals surface area contributed by atoms with Gasteiger partial charge in [0.05, 0.1) is 5.69 Å². The molecule has 1 aromatic carbocycles. The van der Waals surface area contributed by atoms with Gasteiger partial charge in [0.1, 0.15) is 11.5 Å². The molecule has 0 bridgehead atoms. The maximum atomic E-state index is 5.89. The summed E-state index contributed by atoms with van der Waals surface area (Å²) in [6.07, 6.45) is 2.91. The number of nitrogens with one attached hydrogen (secondary N) is 1. The topological polar surface area (TPSA) is 34.1 Å². The molecular formula is C17H22N2O. The van der Waals surface area contributed by atoms with E-state index in [2.05, 4.69) is 43.2 Å². The number of rotatable bonds is 6. The number of ether oxygens (including phenoxy) is 1. The highest BCUT2D eigenvalue weighted by atomic mass is 16.5. The fourth-order valence-electron chi connectivity index (χ4n) is 1.92. The lowest BCUT2D eigenvalue weighted by Crippen LogP contribution is -2.14. The molecule has 0 amide bonds. The van der Waals surface area contributed by atoms with E-state index in [-0.39, 0.29) is 0 Å². The van der Waals surface area contributed by atoms with Crippen molar-refractivity contribution in [2.45, 2.75) is 33.7 Å². The van der Waals surface area contributed by atoms with E-state index in [1.54, 1.807) is 6.20 Å². The van der Waals surface area contributed by atoms with E-state index >= 15 is 0 Å². The zero-order chi connectivity index (χ0) is 14.4. The predicted octanol–water partition coefficient (Wildman–Crippen LogP) is 3.99. The summed E-state index contributed by atoms with van der Waals surface area (Å²) in [7, 11) is 0. The highest BCUT2D eigenvalue weighted by molar-refractivity contribution is 5.37. The fraction of sp³-hybridized carbons (Fsp3) is 0.353. The van der Waals surface area contributed by atoms with Crippen molar-refractivity contribution in [2.24, 2.45) is 0 Å². The van der Waals surface area contributed by atoms with Crippen LogP contribution in [-0.4, -0.2) is 11.5 Å². The van der Waals surface area contributed by atoms with Gasteiger partial charge in [-0.2, -0.15) is 0 Å². The minimum absolute atomic E-state index is 0.776. The first kappa shape index (κ1) is 14.5. The second-order valence-electron chi connectivity index (χ2n) is 5.01. The van der Waals surface area contributed by atoms with Crippen LogP contribution in [0.3, 0.4) is 0 Å². The first-order chi connectivity index (χ1) is 9.69. The lowest BCUT2D eigenvalue weighted by Gasteiger charge is -2.09. The summed E-state index contributed by atoms with van der Waals surface area (Å²) in [4.78, 5) is 4.34. The van der Waals surface area contributed by atoms with Gasteiger partial charge in [0, 0.05) is 18.8 Å². The molecule has 0 aliphatic carbocycles. The first-order valence-corrected chi connectivity index (χ1v) is 7.10. The SMILES string of the molecule is CCCNCc1cc(Oc2ccc(C)c(C)c2)ccn1. The second kappa shape index (κ2) is 7.06. The third-order valence-electron chi connectivity index (χ3n) is 3.24. The van der Waals surface area contributed by atoms with Gasteiger partial charge in [-0.25, -0.2) is 0 Å². The number of hydrogen-bond donors (Lipinski definition) is 1. The Morgan fingerprint density at radius 1 is 1.05 bits per heavy atom. The molecule has 0 spiro atoms. The average molecular weight is 270 g/mol. The summed E-state index contributed by atoms with van der Waals surface area (Å²) in [5.41, 5.74) is 3.51. The van der Waals surface area contributed by atoms with Crippen LogP contribution >= 0.6 is 0 Å². The van der Waals surface area contributed by atoms with Gasteiger partial charge in [-0.3, -0.25) is 4.98 Å². The molecular weight excluding hydrogens is 248 g/mol. The minimum atomic E-state index is 0.776. The molecule has 20 heavy (non-hydrogen) atoms. The molecule has 1 N–H and O–H groups in total. The van der Waals surface area contributed by atoms with Gasteiger partial charge in [-0.05, 0) is 56.1 Å². The second-order valence-corrected chi connectivity index (χ2v) is 5.01. The fourth-order valence-corrected chi connectivity index (χ4v) is 1.92. The van der Waals surface area contributed by atoms with Crippen molar-refractivity contribution >= 4 is 0 Å². The molecule has 0 unspecified atom stereocenters. The Balaban J connectivity index is 2.05. The Kier molecular flexibility index (Phi) is 5.13. The lowest BCUT2D eigenvalue weighted by atomic mass is 10.1. The molecule has 0 saturated carbocycles. The van der Waals surface area contributed by atoms with Crippen molar-refractivity contribution in [2.75, 3.05) is 6.54 Å².